The molecule has 0 saturated heterocycles. The molecule has 2 unspecified atom stereocenters. The van der Waals surface area contributed by atoms with Crippen molar-refractivity contribution in [2.75, 3.05) is 7.11 Å². The molecule has 0 bridgehead atoms. The number of hydrogen-bond donors (Lipinski definition) is 1. The van der Waals surface area contributed by atoms with E-state index in [9.17, 15) is 0 Å². The molecule has 1 heterocycles. The third kappa shape index (κ3) is 3.08. The van der Waals surface area contributed by atoms with Gasteiger partial charge in [-0.2, -0.15) is 5.10 Å². The van der Waals surface area contributed by atoms with E-state index in [1.54, 1.807) is 7.11 Å². The van der Waals surface area contributed by atoms with Crippen molar-refractivity contribution < 1.29 is 4.74 Å². The summed E-state index contributed by atoms with van der Waals surface area (Å²) in [7, 11) is 1.80. The Kier molecular flexibility index (Phi) is 4.14. The number of benzene rings is 1. The number of rotatable bonds is 5. The second kappa shape index (κ2) is 6.20. The Bertz CT molecular complexity index is 538. The fourth-order valence-corrected chi connectivity index (χ4v) is 2.77. The van der Waals surface area contributed by atoms with Crippen LogP contribution in [0.4, 0.5) is 0 Å². The van der Waals surface area contributed by atoms with E-state index in [0.29, 0.717) is 12.1 Å². The zero-order valence-corrected chi connectivity index (χ0v) is 11.8. The number of aromatic nitrogens is 2. The fourth-order valence-electron chi connectivity index (χ4n) is 2.77. The quantitative estimate of drug-likeness (QED) is 0.908. The second-order valence-corrected chi connectivity index (χ2v) is 5.34. The van der Waals surface area contributed by atoms with Crippen molar-refractivity contribution in [1.82, 2.24) is 15.1 Å². The van der Waals surface area contributed by atoms with Crippen LogP contribution in [-0.4, -0.2) is 29.0 Å². The number of nitrogens with one attached hydrogen (secondary N) is 1. The summed E-state index contributed by atoms with van der Waals surface area (Å²) in [6.07, 6.45) is 5.90. The van der Waals surface area contributed by atoms with E-state index < -0.39 is 0 Å². The van der Waals surface area contributed by atoms with Gasteiger partial charge in [0.05, 0.1) is 17.5 Å². The smallest absolute Gasteiger partial charge is 0.0766 e. The standard InChI is InChI=1S/C16H21N3O/c1-20-16-8-7-13(11-16)17-12-14-9-10-19(18-14)15-5-3-2-4-6-15/h2-6,9-10,13,16-17H,7-8,11-12H2,1H3. The molecule has 1 aliphatic carbocycles. The van der Waals surface area contributed by atoms with Gasteiger partial charge in [0.2, 0.25) is 0 Å². The molecule has 20 heavy (non-hydrogen) atoms. The molecule has 1 aliphatic rings. The normalized spacial score (nSPS) is 22.2. The molecule has 1 N–H and O–H groups in total. The van der Waals surface area contributed by atoms with Crippen LogP contribution in [0.5, 0.6) is 0 Å². The molecule has 2 aromatic rings. The lowest BCUT2D eigenvalue weighted by molar-refractivity contribution is 0.107. The molecule has 2 atom stereocenters. The number of hydrogen-bond acceptors (Lipinski definition) is 3. The molecule has 106 valence electrons. The first kappa shape index (κ1) is 13.3. The fraction of sp³-hybridized carbons (Fsp3) is 0.438. The number of ether oxygens (including phenoxy) is 1. The van der Waals surface area contributed by atoms with Crippen molar-refractivity contribution in [3.63, 3.8) is 0 Å². The van der Waals surface area contributed by atoms with Gasteiger partial charge in [-0.1, -0.05) is 18.2 Å². The Morgan fingerprint density at radius 1 is 1.25 bits per heavy atom. The molecule has 3 rings (SSSR count). The molecule has 1 aromatic heterocycles. The van der Waals surface area contributed by atoms with Crippen LogP contribution in [0.2, 0.25) is 0 Å². The Morgan fingerprint density at radius 2 is 2.10 bits per heavy atom. The summed E-state index contributed by atoms with van der Waals surface area (Å²) in [4.78, 5) is 0. The first-order chi connectivity index (χ1) is 9.85. The van der Waals surface area contributed by atoms with Crippen LogP contribution in [0.3, 0.4) is 0 Å². The zero-order chi connectivity index (χ0) is 13.8. The third-order valence-corrected chi connectivity index (χ3v) is 3.95. The summed E-state index contributed by atoms with van der Waals surface area (Å²) in [6, 6.07) is 12.8. The van der Waals surface area contributed by atoms with Gasteiger partial charge in [0, 0.05) is 25.9 Å². The molecule has 0 aliphatic heterocycles. The van der Waals surface area contributed by atoms with E-state index in [1.807, 2.05) is 29.1 Å². The van der Waals surface area contributed by atoms with Gasteiger partial charge in [-0.05, 0) is 37.5 Å². The largest absolute Gasteiger partial charge is 0.381 e. The summed E-state index contributed by atoms with van der Waals surface area (Å²) < 4.78 is 7.32. The third-order valence-electron chi connectivity index (χ3n) is 3.95. The van der Waals surface area contributed by atoms with E-state index in [0.717, 1.165) is 30.8 Å². The van der Waals surface area contributed by atoms with Crippen LogP contribution >= 0.6 is 0 Å². The molecule has 4 heteroatoms. The Labute approximate surface area is 119 Å². The topological polar surface area (TPSA) is 39.1 Å². The van der Waals surface area contributed by atoms with Crippen LogP contribution in [-0.2, 0) is 11.3 Å². The molecule has 0 spiro atoms. The Hall–Kier alpha value is -1.65. The van der Waals surface area contributed by atoms with E-state index in [-0.39, 0.29) is 0 Å². The highest BCUT2D eigenvalue weighted by molar-refractivity contribution is 5.30. The Balaban J connectivity index is 1.56. The average Bonchev–Trinajstić information content (AvgIpc) is 3.15. The molecule has 4 nitrogen and oxygen atoms in total. The van der Waals surface area contributed by atoms with Crippen molar-refractivity contribution in [1.29, 1.82) is 0 Å². The van der Waals surface area contributed by atoms with Gasteiger partial charge in [-0.25, -0.2) is 4.68 Å². The highest BCUT2D eigenvalue weighted by atomic mass is 16.5. The number of methoxy groups -OCH3 is 1. The Morgan fingerprint density at radius 3 is 2.85 bits per heavy atom. The van der Waals surface area contributed by atoms with Gasteiger partial charge in [0.15, 0.2) is 0 Å². The first-order valence-corrected chi connectivity index (χ1v) is 7.21. The molecular weight excluding hydrogens is 250 g/mol. The maximum absolute atomic E-state index is 5.40. The monoisotopic (exact) mass is 271 g/mol. The lowest BCUT2D eigenvalue weighted by Gasteiger charge is -2.11. The SMILES string of the molecule is COC1CCC(NCc2ccn(-c3ccccc3)n2)C1. The minimum absolute atomic E-state index is 0.425. The molecule has 1 aromatic carbocycles. The number of nitrogens with zero attached hydrogens (tertiary/aromatic N) is 2. The second-order valence-electron chi connectivity index (χ2n) is 5.34. The predicted molar refractivity (Wildman–Crippen MR) is 78.8 cm³/mol. The van der Waals surface area contributed by atoms with Crippen molar-refractivity contribution in [3.05, 3.63) is 48.3 Å². The minimum Gasteiger partial charge on any atom is -0.381 e. The minimum atomic E-state index is 0.425. The van der Waals surface area contributed by atoms with Crippen molar-refractivity contribution in [2.45, 2.75) is 38.0 Å². The molecule has 1 fully saturated rings. The van der Waals surface area contributed by atoms with E-state index in [2.05, 4.69) is 28.6 Å². The predicted octanol–water partition coefficient (Wildman–Crippen LogP) is 2.53. The zero-order valence-electron chi connectivity index (χ0n) is 11.8. The van der Waals surface area contributed by atoms with Crippen molar-refractivity contribution >= 4 is 0 Å². The lowest BCUT2D eigenvalue weighted by atomic mass is 10.2. The van der Waals surface area contributed by atoms with Crippen LogP contribution in [0.25, 0.3) is 5.69 Å². The van der Waals surface area contributed by atoms with Crippen LogP contribution in [0.15, 0.2) is 42.6 Å². The van der Waals surface area contributed by atoms with Gasteiger partial charge in [-0.3, -0.25) is 0 Å². The van der Waals surface area contributed by atoms with Crippen LogP contribution < -0.4 is 5.32 Å². The molecule has 0 radical (unpaired) electrons. The first-order valence-electron chi connectivity index (χ1n) is 7.21. The summed E-state index contributed by atoms with van der Waals surface area (Å²) >= 11 is 0. The van der Waals surface area contributed by atoms with E-state index >= 15 is 0 Å². The summed E-state index contributed by atoms with van der Waals surface area (Å²) in [5, 5.41) is 8.17. The van der Waals surface area contributed by atoms with Crippen LogP contribution in [0, 0.1) is 0 Å². The maximum Gasteiger partial charge on any atom is 0.0766 e. The summed E-state index contributed by atoms with van der Waals surface area (Å²) in [6.45, 7) is 0.820. The summed E-state index contributed by atoms with van der Waals surface area (Å²) in [5.41, 5.74) is 2.17. The number of para-hydroxylation sites is 1. The van der Waals surface area contributed by atoms with Gasteiger partial charge in [0.25, 0.3) is 0 Å². The summed E-state index contributed by atoms with van der Waals surface area (Å²) in [5.74, 6) is 0. The highest BCUT2D eigenvalue weighted by Gasteiger charge is 2.23. The molecule has 1 saturated carbocycles. The van der Waals surface area contributed by atoms with E-state index in [1.165, 1.54) is 6.42 Å². The van der Waals surface area contributed by atoms with Gasteiger partial charge >= 0.3 is 0 Å². The maximum atomic E-state index is 5.40. The lowest BCUT2D eigenvalue weighted by Crippen LogP contribution is -2.26. The van der Waals surface area contributed by atoms with Crippen LogP contribution in [0.1, 0.15) is 25.0 Å². The van der Waals surface area contributed by atoms with Crippen molar-refractivity contribution in [2.24, 2.45) is 0 Å². The van der Waals surface area contributed by atoms with Gasteiger partial charge in [0.1, 0.15) is 0 Å². The van der Waals surface area contributed by atoms with Gasteiger partial charge < -0.3 is 10.1 Å². The molecular formula is C16H21N3O. The van der Waals surface area contributed by atoms with Crippen molar-refractivity contribution in [3.8, 4) is 5.69 Å². The van der Waals surface area contributed by atoms with E-state index in [4.69, 9.17) is 4.74 Å². The highest BCUT2D eigenvalue weighted by Crippen LogP contribution is 2.21. The average molecular weight is 271 g/mol. The molecule has 0 amide bonds. The van der Waals surface area contributed by atoms with Gasteiger partial charge in [-0.15, -0.1) is 0 Å².